The molecule has 2 aromatic rings. The van der Waals surface area contributed by atoms with E-state index in [1.165, 1.54) is 11.1 Å². The molecule has 2 aromatic heterocycles. The maximum atomic E-state index is 14.0. The lowest BCUT2D eigenvalue weighted by atomic mass is 10.1. The van der Waals surface area contributed by atoms with Gasteiger partial charge in [-0.05, 0) is 26.2 Å². The first-order valence-corrected chi connectivity index (χ1v) is 6.95. The number of halogens is 2. The van der Waals surface area contributed by atoms with Crippen LogP contribution in [0.15, 0.2) is 6.20 Å². The van der Waals surface area contributed by atoms with E-state index in [1.54, 1.807) is 6.92 Å². The van der Waals surface area contributed by atoms with E-state index in [1.807, 2.05) is 4.90 Å². The van der Waals surface area contributed by atoms with Crippen LogP contribution < -0.4 is 4.90 Å². The minimum Gasteiger partial charge on any atom is -0.341 e. The van der Waals surface area contributed by atoms with Gasteiger partial charge in [-0.2, -0.15) is 9.67 Å². The van der Waals surface area contributed by atoms with E-state index < -0.39 is 12.5 Å². The van der Waals surface area contributed by atoms with Gasteiger partial charge in [0.25, 0.3) is 0 Å². The molecule has 1 aliphatic rings. The Hall–Kier alpha value is -2.12. The molecule has 1 fully saturated rings. The van der Waals surface area contributed by atoms with E-state index in [9.17, 15) is 8.78 Å². The van der Waals surface area contributed by atoms with Gasteiger partial charge in [0.05, 0.1) is 6.20 Å². The molecule has 8 heteroatoms. The molecule has 21 heavy (non-hydrogen) atoms. The monoisotopic (exact) mass is 294 g/mol. The molecular weight excluding hydrogens is 278 g/mol. The van der Waals surface area contributed by atoms with Crippen molar-refractivity contribution in [1.29, 1.82) is 0 Å². The van der Waals surface area contributed by atoms with Crippen LogP contribution in [0.2, 0.25) is 0 Å². The zero-order valence-electron chi connectivity index (χ0n) is 11.8. The van der Waals surface area contributed by atoms with Crippen molar-refractivity contribution in [2.24, 2.45) is 0 Å². The highest BCUT2D eigenvalue weighted by molar-refractivity contribution is 5.36. The number of hydrogen-bond acceptors (Lipinski definition) is 5. The van der Waals surface area contributed by atoms with E-state index in [2.05, 4.69) is 20.1 Å². The Morgan fingerprint density at radius 2 is 1.95 bits per heavy atom. The zero-order valence-corrected chi connectivity index (χ0v) is 11.8. The summed E-state index contributed by atoms with van der Waals surface area (Å²) in [4.78, 5) is 14.2. The highest BCUT2D eigenvalue weighted by Gasteiger charge is 2.19. The Morgan fingerprint density at radius 1 is 1.19 bits per heavy atom. The van der Waals surface area contributed by atoms with E-state index in [-0.39, 0.29) is 11.6 Å². The fraction of sp³-hybridized carbons (Fsp3) is 0.538. The van der Waals surface area contributed by atoms with Gasteiger partial charge in [0.1, 0.15) is 5.82 Å². The van der Waals surface area contributed by atoms with Crippen LogP contribution in [0.1, 0.15) is 30.9 Å². The highest BCUT2D eigenvalue weighted by atomic mass is 19.1. The third-order valence-corrected chi connectivity index (χ3v) is 3.48. The fourth-order valence-corrected chi connectivity index (χ4v) is 2.45. The largest absolute Gasteiger partial charge is 0.341 e. The maximum Gasteiger partial charge on any atom is 0.227 e. The van der Waals surface area contributed by atoms with Crippen LogP contribution in [0.4, 0.5) is 14.7 Å². The van der Waals surface area contributed by atoms with Crippen molar-refractivity contribution < 1.29 is 8.78 Å². The summed E-state index contributed by atoms with van der Waals surface area (Å²) in [7, 11) is 0. The molecule has 0 saturated carbocycles. The summed E-state index contributed by atoms with van der Waals surface area (Å²) in [5.41, 5.74) is 0. The van der Waals surface area contributed by atoms with Gasteiger partial charge < -0.3 is 4.90 Å². The molecule has 0 aromatic carbocycles. The first kappa shape index (κ1) is 13.8. The van der Waals surface area contributed by atoms with E-state index in [0.29, 0.717) is 11.8 Å². The predicted octanol–water partition coefficient (Wildman–Crippen LogP) is 1.96. The van der Waals surface area contributed by atoms with E-state index in [4.69, 9.17) is 0 Å². The fourth-order valence-electron chi connectivity index (χ4n) is 2.45. The van der Waals surface area contributed by atoms with Gasteiger partial charge in [0, 0.05) is 13.1 Å². The summed E-state index contributed by atoms with van der Waals surface area (Å²) >= 11 is 0. The average molecular weight is 294 g/mol. The molecule has 6 nitrogen and oxygen atoms in total. The smallest absolute Gasteiger partial charge is 0.227 e. The second-order valence-electron chi connectivity index (χ2n) is 5.01. The lowest BCUT2D eigenvalue weighted by molar-refractivity contribution is 0.464. The van der Waals surface area contributed by atoms with Gasteiger partial charge in [-0.25, -0.2) is 18.7 Å². The molecular formula is C13H16F2N6. The summed E-state index contributed by atoms with van der Waals surface area (Å²) in [5.74, 6) is 0.294. The number of hydrogen-bond donors (Lipinski definition) is 0. The Labute approximate surface area is 120 Å². The third kappa shape index (κ3) is 2.70. The normalized spacial score (nSPS) is 15.5. The summed E-state index contributed by atoms with van der Waals surface area (Å²) in [6.45, 7) is 2.56. The van der Waals surface area contributed by atoms with Crippen LogP contribution in [0.5, 0.6) is 0 Å². The lowest BCUT2D eigenvalue weighted by Gasteiger charge is -2.26. The van der Waals surface area contributed by atoms with E-state index in [0.717, 1.165) is 32.1 Å². The molecule has 0 aliphatic carbocycles. The molecule has 0 N–H and O–H groups in total. The summed E-state index contributed by atoms with van der Waals surface area (Å²) in [6.07, 6.45) is 4.46. The van der Waals surface area contributed by atoms with Crippen LogP contribution in [-0.2, 0) is 6.67 Å². The Kier molecular flexibility index (Phi) is 3.76. The third-order valence-electron chi connectivity index (χ3n) is 3.48. The number of aromatic nitrogens is 5. The minimum atomic E-state index is -0.792. The van der Waals surface area contributed by atoms with Gasteiger partial charge >= 0.3 is 0 Å². The van der Waals surface area contributed by atoms with Crippen LogP contribution in [-0.4, -0.2) is 37.8 Å². The second-order valence-corrected chi connectivity index (χ2v) is 5.01. The molecule has 0 bridgehead atoms. The quantitative estimate of drug-likeness (QED) is 0.866. The molecule has 0 unspecified atom stereocenters. The van der Waals surface area contributed by atoms with Gasteiger partial charge in [-0.15, -0.1) is 5.10 Å². The molecule has 0 spiro atoms. The van der Waals surface area contributed by atoms with Crippen molar-refractivity contribution in [2.75, 3.05) is 18.0 Å². The summed E-state index contributed by atoms with van der Waals surface area (Å²) in [6, 6.07) is 0. The molecule has 1 saturated heterocycles. The van der Waals surface area contributed by atoms with Crippen LogP contribution in [0, 0.1) is 12.7 Å². The van der Waals surface area contributed by atoms with Crippen LogP contribution in [0.3, 0.4) is 0 Å². The first-order chi connectivity index (χ1) is 10.2. The topological polar surface area (TPSA) is 59.7 Å². The Balaban J connectivity index is 1.99. The predicted molar refractivity (Wildman–Crippen MR) is 72.5 cm³/mol. The molecule has 3 rings (SSSR count). The second kappa shape index (κ2) is 5.71. The van der Waals surface area contributed by atoms with Gasteiger partial charge in [-0.1, -0.05) is 0 Å². The molecule has 0 amide bonds. The van der Waals surface area contributed by atoms with E-state index >= 15 is 0 Å². The van der Waals surface area contributed by atoms with Crippen molar-refractivity contribution >= 4 is 5.95 Å². The molecule has 112 valence electrons. The molecule has 1 aliphatic heterocycles. The van der Waals surface area contributed by atoms with Crippen molar-refractivity contribution in [1.82, 2.24) is 24.7 Å². The standard InChI is InChI=1S/C13H16F2N6/c1-9-17-11(7-14)19-21(9)12-10(15)8-16-13(18-12)20-5-3-2-4-6-20/h8H,2-7H2,1H3. The lowest BCUT2D eigenvalue weighted by Crippen LogP contribution is -2.31. The molecule has 3 heterocycles. The summed E-state index contributed by atoms with van der Waals surface area (Å²) < 4.78 is 27.8. The number of aryl methyl sites for hydroxylation is 1. The van der Waals surface area contributed by atoms with Crippen molar-refractivity contribution in [2.45, 2.75) is 32.9 Å². The first-order valence-electron chi connectivity index (χ1n) is 6.95. The van der Waals surface area contributed by atoms with Crippen LogP contribution in [0.25, 0.3) is 5.82 Å². The number of piperidine rings is 1. The molecule has 0 atom stereocenters. The SMILES string of the molecule is Cc1nc(CF)nn1-c1nc(N2CCCCC2)ncc1F. The number of alkyl halides is 1. The number of nitrogens with zero attached hydrogens (tertiary/aromatic N) is 6. The number of rotatable bonds is 3. The van der Waals surface area contributed by atoms with Gasteiger partial charge in [0.15, 0.2) is 24.1 Å². The number of anilines is 1. The molecule has 0 radical (unpaired) electrons. The van der Waals surface area contributed by atoms with Crippen molar-refractivity contribution in [3.63, 3.8) is 0 Å². The van der Waals surface area contributed by atoms with Crippen molar-refractivity contribution in [3.8, 4) is 5.82 Å². The van der Waals surface area contributed by atoms with Gasteiger partial charge in [-0.3, -0.25) is 0 Å². The Bertz CT molecular complexity index is 636. The zero-order chi connectivity index (χ0) is 14.8. The minimum absolute atomic E-state index is 0.00951. The van der Waals surface area contributed by atoms with Gasteiger partial charge in [0.2, 0.25) is 5.95 Å². The maximum absolute atomic E-state index is 14.0. The van der Waals surface area contributed by atoms with Crippen LogP contribution >= 0.6 is 0 Å². The van der Waals surface area contributed by atoms with Crippen molar-refractivity contribution in [3.05, 3.63) is 23.7 Å². The Morgan fingerprint density at radius 3 is 2.62 bits per heavy atom. The summed E-state index contributed by atoms with van der Waals surface area (Å²) in [5, 5.41) is 3.93. The highest BCUT2D eigenvalue weighted by Crippen LogP contribution is 2.19. The average Bonchev–Trinajstić information content (AvgIpc) is 2.90.